The van der Waals surface area contributed by atoms with Gasteiger partial charge in [0.15, 0.2) is 11.5 Å². The van der Waals surface area contributed by atoms with Crippen molar-refractivity contribution in [3.8, 4) is 11.5 Å². The molecule has 5 aliphatic rings. The van der Waals surface area contributed by atoms with Crippen LogP contribution < -0.4 is 14.8 Å². The first-order valence-electron chi connectivity index (χ1n) is 10.9. The lowest BCUT2D eigenvalue weighted by atomic mass is 9.53. The molecule has 0 radical (unpaired) electrons. The smallest absolute Gasteiger partial charge is 0.320 e. The summed E-state index contributed by atoms with van der Waals surface area (Å²) in [4.78, 5) is 24.2. The van der Waals surface area contributed by atoms with Crippen molar-refractivity contribution in [3.63, 3.8) is 0 Å². The fourth-order valence-corrected chi connectivity index (χ4v) is 6.56. The van der Waals surface area contributed by atoms with E-state index in [1.807, 2.05) is 0 Å². The molecule has 4 aliphatic carbocycles. The zero-order valence-corrected chi connectivity index (χ0v) is 17.1. The first kappa shape index (κ1) is 18.7. The third kappa shape index (κ3) is 3.05. The molecular weight excluding hydrogens is 400 g/mol. The van der Waals surface area contributed by atoms with E-state index in [2.05, 4.69) is 10.4 Å². The molecule has 1 aromatic heterocycles. The minimum atomic E-state index is -0.591. The van der Waals surface area contributed by atoms with Gasteiger partial charge in [-0.2, -0.15) is 5.10 Å². The minimum absolute atomic E-state index is 0.143. The molecule has 31 heavy (non-hydrogen) atoms. The number of rotatable bonds is 4. The topological polar surface area (TPSA) is 109 Å². The molecule has 9 heteroatoms. The van der Waals surface area contributed by atoms with Crippen LogP contribution in [0.4, 0.5) is 11.4 Å². The van der Waals surface area contributed by atoms with Crippen LogP contribution in [0.1, 0.15) is 49.0 Å². The van der Waals surface area contributed by atoms with Crippen LogP contribution in [0.15, 0.2) is 24.4 Å². The van der Waals surface area contributed by atoms with Crippen LogP contribution in [-0.4, -0.2) is 33.8 Å². The Hall–Kier alpha value is -3.10. The molecule has 0 saturated heterocycles. The zero-order valence-electron chi connectivity index (χ0n) is 17.1. The first-order valence-corrected chi connectivity index (χ1v) is 10.9. The van der Waals surface area contributed by atoms with Gasteiger partial charge in [-0.25, -0.2) is 0 Å². The molecule has 0 unspecified atom stereocenters. The third-order valence-electron chi connectivity index (χ3n) is 7.40. The highest BCUT2D eigenvalue weighted by Crippen LogP contribution is 2.58. The molecule has 4 saturated carbocycles. The van der Waals surface area contributed by atoms with Crippen molar-refractivity contribution in [1.82, 2.24) is 9.78 Å². The molecule has 0 spiro atoms. The van der Waals surface area contributed by atoms with E-state index in [4.69, 9.17) is 9.47 Å². The molecule has 2 aromatic rings. The quantitative estimate of drug-likeness (QED) is 0.592. The van der Waals surface area contributed by atoms with Crippen molar-refractivity contribution in [1.29, 1.82) is 0 Å². The molecule has 1 aliphatic heterocycles. The number of nitro groups is 1. The van der Waals surface area contributed by atoms with Crippen molar-refractivity contribution in [3.05, 3.63) is 40.2 Å². The highest BCUT2D eigenvalue weighted by molar-refractivity contribution is 6.05. The summed E-state index contributed by atoms with van der Waals surface area (Å²) in [6, 6.07) is 5.06. The summed E-state index contributed by atoms with van der Waals surface area (Å²) in [5.41, 5.74) is -0.0935. The fourth-order valence-electron chi connectivity index (χ4n) is 6.56. The number of carbonyl (C=O) groups excluding carboxylic acids is 1. The molecule has 7 rings (SSSR count). The number of anilines is 1. The average Bonchev–Trinajstić information content (AvgIpc) is 3.20. The second kappa shape index (κ2) is 6.70. The number of hydrogen-bond donors (Lipinski definition) is 1. The van der Waals surface area contributed by atoms with Crippen molar-refractivity contribution in [2.75, 3.05) is 18.5 Å². The standard InChI is InChI=1S/C22H24N4O5/c27-21(23-16-1-2-18-19(8-16)31-4-3-30-18)20-17(26(28)29)12-25(24-20)22-9-13-5-14(10-22)7-15(6-13)11-22/h1-2,8,12-15H,3-7,9-11H2,(H,23,27). The van der Waals surface area contributed by atoms with Gasteiger partial charge in [-0.05, 0) is 68.4 Å². The summed E-state index contributed by atoms with van der Waals surface area (Å²) in [7, 11) is 0. The van der Waals surface area contributed by atoms with Crippen LogP contribution in [0, 0.1) is 27.9 Å². The molecule has 1 N–H and O–H groups in total. The van der Waals surface area contributed by atoms with E-state index in [0.29, 0.717) is 48.2 Å². The fraction of sp³-hybridized carbons (Fsp3) is 0.545. The number of benzene rings is 1. The van der Waals surface area contributed by atoms with E-state index < -0.39 is 10.8 Å². The highest BCUT2D eigenvalue weighted by atomic mass is 16.6. The summed E-state index contributed by atoms with van der Waals surface area (Å²) in [5.74, 6) is 2.57. The highest BCUT2D eigenvalue weighted by Gasteiger charge is 2.53. The lowest BCUT2D eigenvalue weighted by molar-refractivity contribution is -0.385. The van der Waals surface area contributed by atoms with E-state index in [-0.39, 0.29) is 16.9 Å². The van der Waals surface area contributed by atoms with Gasteiger partial charge in [-0.1, -0.05) is 0 Å². The number of amides is 1. The van der Waals surface area contributed by atoms with Crippen molar-refractivity contribution < 1.29 is 19.2 Å². The van der Waals surface area contributed by atoms with Gasteiger partial charge in [0.1, 0.15) is 19.4 Å². The number of nitrogens with one attached hydrogen (secondary N) is 1. The van der Waals surface area contributed by atoms with E-state index in [9.17, 15) is 14.9 Å². The Bertz CT molecular complexity index is 1040. The number of hydrogen-bond acceptors (Lipinski definition) is 6. The summed E-state index contributed by atoms with van der Waals surface area (Å²) in [6.07, 6.45) is 8.27. The Labute approximate surface area is 178 Å². The normalized spacial score (nSPS) is 30.3. The van der Waals surface area contributed by atoms with Gasteiger partial charge in [0.25, 0.3) is 5.91 Å². The number of ether oxygens (including phenoxy) is 2. The van der Waals surface area contributed by atoms with Crippen molar-refractivity contribution in [2.24, 2.45) is 17.8 Å². The number of carbonyl (C=O) groups is 1. The van der Waals surface area contributed by atoms with Gasteiger partial charge < -0.3 is 14.8 Å². The van der Waals surface area contributed by atoms with Gasteiger partial charge in [-0.3, -0.25) is 19.6 Å². The Balaban J connectivity index is 1.30. The Kier molecular flexibility index (Phi) is 4.03. The van der Waals surface area contributed by atoms with Crippen molar-refractivity contribution in [2.45, 2.75) is 44.1 Å². The summed E-state index contributed by atoms with van der Waals surface area (Å²) < 4.78 is 12.8. The van der Waals surface area contributed by atoms with Crippen LogP contribution in [0.2, 0.25) is 0 Å². The second-order valence-electron chi connectivity index (χ2n) is 9.52. The predicted molar refractivity (Wildman–Crippen MR) is 110 cm³/mol. The zero-order chi connectivity index (χ0) is 21.2. The lowest BCUT2D eigenvalue weighted by Gasteiger charge is -2.56. The van der Waals surface area contributed by atoms with Gasteiger partial charge >= 0.3 is 5.69 Å². The molecule has 4 bridgehead atoms. The molecule has 2 heterocycles. The van der Waals surface area contributed by atoms with E-state index in [1.54, 1.807) is 22.9 Å². The van der Waals surface area contributed by atoms with Crippen LogP contribution >= 0.6 is 0 Å². The Morgan fingerprint density at radius 3 is 2.39 bits per heavy atom. The molecule has 4 fully saturated rings. The van der Waals surface area contributed by atoms with Crippen molar-refractivity contribution >= 4 is 17.3 Å². The molecule has 0 atom stereocenters. The lowest BCUT2D eigenvalue weighted by Crippen LogP contribution is -2.52. The van der Waals surface area contributed by atoms with E-state index >= 15 is 0 Å². The number of fused-ring (bicyclic) bond motifs is 1. The largest absolute Gasteiger partial charge is 0.486 e. The maximum atomic E-state index is 13.0. The maximum absolute atomic E-state index is 13.0. The molecule has 1 amide bonds. The number of nitrogens with zero attached hydrogens (tertiary/aromatic N) is 3. The predicted octanol–water partition coefficient (Wildman–Crippen LogP) is 3.74. The molecular formula is C22H24N4O5. The minimum Gasteiger partial charge on any atom is -0.486 e. The SMILES string of the molecule is O=C(Nc1ccc2c(c1)OCCO2)c1nn(C23CC4CC(CC(C4)C2)C3)cc1[N+](=O)[O-]. The monoisotopic (exact) mass is 424 g/mol. The van der Waals surface area contributed by atoms with Gasteiger partial charge in [0, 0.05) is 11.8 Å². The van der Waals surface area contributed by atoms with Gasteiger partial charge in [-0.15, -0.1) is 0 Å². The van der Waals surface area contributed by atoms with Crippen LogP contribution in [0.3, 0.4) is 0 Å². The molecule has 9 nitrogen and oxygen atoms in total. The van der Waals surface area contributed by atoms with Crippen LogP contribution in [0.25, 0.3) is 0 Å². The maximum Gasteiger partial charge on any atom is 0.320 e. The number of aromatic nitrogens is 2. The van der Waals surface area contributed by atoms with Gasteiger partial charge in [0.05, 0.1) is 10.5 Å². The van der Waals surface area contributed by atoms with E-state index in [0.717, 1.165) is 19.3 Å². The molecule has 162 valence electrons. The van der Waals surface area contributed by atoms with Crippen LogP contribution in [0.5, 0.6) is 11.5 Å². The first-order chi connectivity index (χ1) is 15.0. The van der Waals surface area contributed by atoms with E-state index in [1.165, 1.54) is 25.5 Å². The average molecular weight is 424 g/mol. The third-order valence-corrected chi connectivity index (χ3v) is 7.40. The Morgan fingerprint density at radius 2 is 1.74 bits per heavy atom. The van der Waals surface area contributed by atoms with Gasteiger partial charge in [0.2, 0.25) is 5.69 Å². The molecule has 1 aromatic carbocycles. The second-order valence-corrected chi connectivity index (χ2v) is 9.52. The van der Waals surface area contributed by atoms with Crippen LogP contribution in [-0.2, 0) is 5.54 Å². The Morgan fingerprint density at radius 1 is 1.10 bits per heavy atom. The summed E-state index contributed by atoms with van der Waals surface area (Å²) >= 11 is 0. The summed E-state index contributed by atoms with van der Waals surface area (Å²) in [5, 5.41) is 19.0. The summed E-state index contributed by atoms with van der Waals surface area (Å²) in [6.45, 7) is 0.915.